The molecule has 2 rings (SSSR count). The zero-order valence-electron chi connectivity index (χ0n) is 11.8. The quantitative estimate of drug-likeness (QED) is 0.660. The highest BCUT2D eigenvalue weighted by Gasteiger charge is 2.06. The lowest BCUT2D eigenvalue weighted by Crippen LogP contribution is -2.01. The second-order valence-corrected chi connectivity index (χ2v) is 4.51. The van der Waals surface area contributed by atoms with Crippen LogP contribution in [-0.2, 0) is 0 Å². The summed E-state index contributed by atoms with van der Waals surface area (Å²) in [5.41, 5.74) is 6.39. The normalized spacial score (nSPS) is 11.2. The Bertz CT molecular complexity index is 636. The summed E-state index contributed by atoms with van der Waals surface area (Å²) in [4.78, 5) is 0. The zero-order chi connectivity index (χ0) is 14.5. The molecule has 0 saturated heterocycles. The van der Waals surface area contributed by atoms with Crippen LogP contribution in [-0.4, -0.2) is 17.9 Å². The van der Waals surface area contributed by atoms with Crippen LogP contribution < -0.4 is 10.2 Å². The fraction of sp³-hybridized carbons (Fsp3) is 0.188. The first-order chi connectivity index (χ1) is 9.61. The first-order valence-electron chi connectivity index (χ1n) is 6.35. The molecule has 0 bridgehead atoms. The molecule has 0 unspecified atom stereocenters. The summed E-state index contributed by atoms with van der Waals surface area (Å²) in [5.74, 6) is 0.863. The van der Waals surface area contributed by atoms with Gasteiger partial charge in [0, 0.05) is 5.56 Å². The number of hydrazone groups is 1. The molecule has 20 heavy (non-hydrogen) atoms. The van der Waals surface area contributed by atoms with Crippen molar-refractivity contribution in [3.8, 4) is 11.5 Å². The monoisotopic (exact) mass is 270 g/mol. The van der Waals surface area contributed by atoms with E-state index in [4.69, 9.17) is 4.74 Å². The SMILES string of the molecule is COc1ccc(O)c(/C(C)=N/Nc2ccccc2C)c1. The van der Waals surface area contributed by atoms with Crippen molar-refractivity contribution in [3.05, 3.63) is 53.6 Å². The maximum absolute atomic E-state index is 9.89. The predicted octanol–water partition coefficient (Wildman–Crippen LogP) is 3.55. The molecule has 2 N–H and O–H groups in total. The lowest BCUT2D eigenvalue weighted by Gasteiger charge is -2.09. The van der Waals surface area contributed by atoms with Crippen molar-refractivity contribution in [2.24, 2.45) is 5.10 Å². The van der Waals surface area contributed by atoms with Crippen molar-refractivity contribution in [2.45, 2.75) is 13.8 Å². The van der Waals surface area contributed by atoms with E-state index in [-0.39, 0.29) is 5.75 Å². The maximum atomic E-state index is 9.89. The van der Waals surface area contributed by atoms with Crippen molar-refractivity contribution in [3.63, 3.8) is 0 Å². The number of methoxy groups -OCH3 is 1. The second-order valence-electron chi connectivity index (χ2n) is 4.51. The molecule has 0 saturated carbocycles. The Labute approximate surface area is 118 Å². The number of nitrogens with zero attached hydrogens (tertiary/aromatic N) is 1. The van der Waals surface area contributed by atoms with Gasteiger partial charge in [-0.15, -0.1) is 0 Å². The van der Waals surface area contributed by atoms with Crippen molar-refractivity contribution in [1.29, 1.82) is 0 Å². The van der Waals surface area contributed by atoms with Gasteiger partial charge in [-0.2, -0.15) is 5.10 Å². The van der Waals surface area contributed by atoms with E-state index >= 15 is 0 Å². The highest BCUT2D eigenvalue weighted by atomic mass is 16.5. The number of hydrogen-bond acceptors (Lipinski definition) is 4. The van der Waals surface area contributed by atoms with Crippen molar-refractivity contribution in [1.82, 2.24) is 0 Å². The average molecular weight is 270 g/mol. The first kappa shape index (κ1) is 13.9. The van der Waals surface area contributed by atoms with Crippen molar-refractivity contribution < 1.29 is 9.84 Å². The van der Waals surface area contributed by atoms with Gasteiger partial charge < -0.3 is 9.84 Å². The number of ether oxygens (including phenoxy) is 1. The highest BCUT2D eigenvalue weighted by Crippen LogP contribution is 2.23. The summed E-state index contributed by atoms with van der Waals surface area (Å²) < 4.78 is 5.16. The van der Waals surface area contributed by atoms with Crippen LogP contribution in [0.25, 0.3) is 0 Å². The molecule has 0 aliphatic carbocycles. The van der Waals surface area contributed by atoms with Gasteiger partial charge in [-0.1, -0.05) is 18.2 Å². The van der Waals surface area contributed by atoms with Crippen molar-refractivity contribution in [2.75, 3.05) is 12.5 Å². The van der Waals surface area contributed by atoms with Gasteiger partial charge in [0.15, 0.2) is 0 Å². The number of benzene rings is 2. The third kappa shape index (κ3) is 3.09. The van der Waals surface area contributed by atoms with Gasteiger partial charge in [0.1, 0.15) is 11.5 Å². The van der Waals surface area contributed by atoms with Crippen LogP contribution in [0.5, 0.6) is 11.5 Å². The number of rotatable bonds is 4. The molecule has 2 aromatic carbocycles. The number of anilines is 1. The zero-order valence-corrected chi connectivity index (χ0v) is 11.8. The van der Waals surface area contributed by atoms with Gasteiger partial charge in [-0.3, -0.25) is 5.43 Å². The second kappa shape index (κ2) is 6.10. The van der Waals surface area contributed by atoms with Gasteiger partial charge in [0.25, 0.3) is 0 Å². The van der Waals surface area contributed by atoms with Crippen LogP contribution in [0.15, 0.2) is 47.6 Å². The fourth-order valence-corrected chi connectivity index (χ4v) is 1.83. The molecular weight excluding hydrogens is 252 g/mol. The summed E-state index contributed by atoms with van der Waals surface area (Å²) in [6.07, 6.45) is 0. The summed E-state index contributed by atoms with van der Waals surface area (Å²) in [7, 11) is 1.59. The maximum Gasteiger partial charge on any atom is 0.124 e. The summed E-state index contributed by atoms with van der Waals surface area (Å²) in [6.45, 7) is 3.84. The minimum atomic E-state index is 0.179. The van der Waals surface area contributed by atoms with Gasteiger partial charge in [0.2, 0.25) is 0 Å². The largest absolute Gasteiger partial charge is 0.507 e. The molecule has 0 atom stereocenters. The highest BCUT2D eigenvalue weighted by molar-refractivity contribution is 6.01. The lowest BCUT2D eigenvalue weighted by molar-refractivity contribution is 0.412. The van der Waals surface area contributed by atoms with E-state index in [0.717, 1.165) is 11.3 Å². The Balaban J connectivity index is 2.25. The predicted molar refractivity (Wildman–Crippen MR) is 81.7 cm³/mol. The molecule has 0 aliphatic heterocycles. The number of para-hydroxylation sites is 1. The molecule has 4 nitrogen and oxygen atoms in total. The van der Waals surface area contributed by atoms with Crippen LogP contribution in [0.2, 0.25) is 0 Å². The molecule has 0 aromatic heterocycles. The lowest BCUT2D eigenvalue weighted by atomic mass is 10.1. The Morgan fingerprint density at radius 3 is 2.65 bits per heavy atom. The van der Waals surface area contributed by atoms with Crippen molar-refractivity contribution >= 4 is 11.4 Å². The number of hydrogen-bond donors (Lipinski definition) is 2. The number of aryl methyl sites for hydroxylation is 1. The standard InChI is InChI=1S/C16H18N2O2/c1-11-6-4-5-7-15(11)18-17-12(2)14-10-13(20-3)8-9-16(14)19/h4-10,18-19H,1-3H3/b17-12+. The summed E-state index contributed by atoms with van der Waals surface area (Å²) in [6, 6.07) is 13.0. The van der Waals surface area contributed by atoms with Gasteiger partial charge in [-0.05, 0) is 43.7 Å². The van der Waals surface area contributed by atoms with E-state index in [1.54, 1.807) is 25.3 Å². The molecular formula is C16H18N2O2. The van der Waals surface area contributed by atoms with E-state index in [9.17, 15) is 5.11 Å². The van der Waals surface area contributed by atoms with Crippen LogP contribution in [0.1, 0.15) is 18.1 Å². The molecule has 4 heteroatoms. The van der Waals surface area contributed by atoms with Crippen LogP contribution in [0.4, 0.5) is 5.69 Å². The van der Waals surface area contributed by atoms with Crippen LogP contribution in [0.3, 0.4) is 0 Å². The third-order valence-corrected chi connectivity index (χ3v) is 3.08. The Morgan fingerprint density at radius 1 is 1.20 bits per heavy atom. The Morgan fingerprint density at radius 2 is 1.95 bits per heavy atom. The molecule has 0 amide bonds. The molecule has 0 aliphatic rings. The molecule has 0 spiro atoms. The fourth-order valence-electron chi connectivity index (χ4n) is 1.83. The molecule has 0 fully saturated rings. The smallest absolute Gasteiger partial charge is 0.124 e. The number of aromatic hydroxyl groups is 1. The van der Waals surface area contributed by atoms with E-state index in [2.05, 4.69) is 10.5 Å². The molecule has 2 aromatic rings. The van der Waals surface area contributed by atoms with E-state index in [0.29, 0.717) is 17.0 Å². The summed E-state index contributed by atoms with van der Waals surface area (Å²) >= 11 is 0. The van der Waals surface area contributed by atoms with E-state index in [1.807, 2.05) is 38.1 Å². The number of phenolic OH excluding ortho intramolecular Hbond substituents is 1. The average Bonchev–Trinajstić information content (AvgIpc) is 2.46. The van der Waals surface area contributed by atoms with Gasteiger partial charge in [-0.25, -0.2) is 0 Å². The minimum absolute atomic E-state index is 0.179. The topological polar surface area (TPSA) is 53.9 Å². The molecule has 104 valence electrons. The minimum Gasteiger partial charge on any atom is -0.507 e. The van der Waals surface area contributed by atoms with E-state index in [1.165, 1.54) is 0 Å². The van der Waals surface area contributed by atoms with Gasteiger partial charge in [0.05, 0.1) is 18.5 Å². The Kier molecular flexibility index (Phi) is 4.25. The number of phenols is 1. The van der Waals surface area contributed by atoms with E-state index < -0.39 is 0 Å². The Hall–Kier alpha value is -2.49. The number of nitrogens with one attached hydrogen (secondary N) is 1. The van der Waals surface area contributed by atoms with Crippen LogP contribution >= 0.6 is 0 Å². The first-order valence-corrected chi connectivity index (χ1v) is 6.35. The molecule has 0 heterocycles. The van der Waals surface area contributed by atoms with Gasteiger partial charge >= 0.3 is 0 Å². The summed E-state index contributed by atoms with van der Waals surface area (Å²) in [5, 5.41) is 14.2. The van der Waals surface area contributed by atoms with Crippen LogP contribution in [0, 0.1) is 6.92 Å². The molecule has 0 radical (unpaired) electrons. The third-order valence-electron chi connectivity index (χ3n) is 3.08.